The van der Waals surface area contributed by atoms with Crippen LogP contribution in [0, 0.1) is 18.3 Å². The second-order valence-electron chi connectivity index (χ2n) is 4.62. The van der Waals surface area contributed by atoms with Crippen LogP contribution in [0.15, 0.2) is 48.3 Å². The van der Waals surface area contributed by atoms with Crippen LogP contribution in [0.3, 0.4) is 0 Å². The number of amides is 1. The lowest BCUT2D eigenvalue weighted by Gasteiger charge is -2.06. The van der Waals surface area contributed by atoms with E-state index < -0.39 is 5.91 Å². The minimum Gasteiger partial charge on any atom is -0.345 e. The number of anilines is 2. The quantitative estimate of drug-likeness (QED) is 0.643. The molecule has 1 amide bonds. The van der Waals surface area contributed by atoms with E-state index in [1.165, 1.54) is 12.3 Å². The van der Waals surface area contributed by atoms with E-state index in [2.05, 4.69) is 15.6 Å². The first-order valence-electron chi connectivity index (χ1n) is 6.55. The molecule has 0 unspecified atom stereocenters. The first-order valence-corrected chi connectivity index (χ1v) is 7.31. The number of nitriles is 1. The molecule has 0 radical (unpaired) electrons. The lowest BCUT2D eigenvalue weighted by atomic mass is 10.2. The summed E-state index contributed by atoms with van der Waals surface area (Å²) in [6.07, 6.45) is 2.97. The highest BCUT2D eigenvalue weighted by Crippen LogP contribution is 2.25. The lowest BCUT2D eigenvalue weighted by Crippen LogP contribution is -2.14. The molecule has 0 saturated heterocycles. The Morgan fingerprint density at radius 2 is 2.04 bits per heavy atom. The lowest BCUT2D eigenvalue weighted by molar-refractivity contribution is -0.112. The average Bonchev–Trinajstić information content (AvgIpc) is 2.53. The fourth-order valence-electron chi connectivity index (χ4n) is 1.62. The van der Waals surface area contributed by atoms with Gasteiger partial charge in [-0.2, -0.15) is 5.26 Å². The molecule has 2 N–H and O–H groups in total. The van der Waals surface area contributed by atoms with Gasteiger partial charge in [0.15, 0.2) is 0 Å². The number of hydrogen-bond acceptors (Lipinski definition) is 4. The first-order chi connectivity index (χ1) is 11.0. The molecular weight excluding hydrogens is 335 g/mol. The zero-order valence-corrected chi connectivity index (χ0v) is 13.6. The summed E-state index contributed by atoms with van der Waals surface area (Å²) in [4.78, 5) is 16.2. The molecule has 0 atom stereocenters. The van der Waals surface area contributed by atoms with Gasteiger partial charge in [-0.3, -0.25) is 4.79 Å². The molecule has 1 aromatic carbocycles. The van der Waals surface area contributed by atoms with Gasteiger partial charge in [0.2, 0.25) is 0 Å². The van der Waals surface area contributed by atoms with Crippen molar-refractivity contribution in [1.29, 1.82) is 5.26 Å². The number of aromatic nitrogens is 1. The Morgan fingerprint density at radius 1 is 1.26 bits per heavy atom. The van der Waals surface area contributed by atoms with Crippen molar-refractivity contribution in [3.63, 3.8) is 0 Å². The SMILES string of the molecule is Cc1ccc(N/C=C(/C#N)C(=O)Nc2ccc(Cl)c(Cl)c2)nc1. The number of rotatable bonds is 4. The van der Waals surface area contributed by atoms with E-state index in [1.54, 1.807) is 24.4 Å². The molecule has 1 heterocycles. The van der Waals surface area contributed by atoms with Gasteiger partial charge >= 0.3 is 0 Å². The van der Waals surface area contributed by atoms with Crippen LogP contribution in [0.5, 0.6) is 0 Å². The summed E-state index contributed by atoms with van der Waals surface area (Å²) >= 11 is 11.7. The van der Waals surface area contributed by atoms with Gasteiger partial charge in [-0.25, -0.2) is 4.98 Å². The Labute approximate surface area is 143 Å². The molecule has 1 aromatic heterocycles. The van der Waals surface area contributed by atoms with Crippen molar-refractivity contribution >= 4 is 40.6 Å². The zero-order valence-electron chi connectivity index (χ0n) is 12.1. The van der Waals surface area contributed by atoms with E-state index in [4.69, 9.17) is 28.5 Å². The number of nitrogens with zero attached hydrogens (tertiary/aromatic N) is 2. The van der Waals surface area contributed by atoms with Crippen molar-refractivity contribution in [2.24, 2.45) is 0 Å². The summed E-state index contributed by atoms with van der Waals surface area (Å²) in [5.41, 5.74) is 1.36. The van der Waals surface area contributed by atoms with Crippen LogP contribution in [0.4, 0.5) is 11.5 Å². The van der Waals surface area contributed by atoms with E-state index in [-0.39, 0.29) is 5.57 Å². The van der Waals surface area contributed by atoms with Gasteiger partial charge in [0, 0.05) is 18.1 Å². The molecule has 0 aliphatic heterocycles. The largest absolute Gasteiger partial charge is 0.345 e. The van der Waals surface area contributed by atoms with Crippen LogP contribution < -0.4 is 10.6 Å². The first kappa shape index (κ1) is 16.8. The van der Waals surface area contributed by atoms with Crippen LogP contribution in [0.2, 0.25) is 10.0 Å². The molecule has 2 rings (SSSR count). The number of benzene rings is 1. The number of pyridine rings is 1. The Hall–Kier alpha value is -2.55. The van der Waals surface area contributed by atoms with Gasteiger partial charge in [-0.1, -0.05) is 29.3 Å². The number of nitrogens with one attached hydrogen (secondary N) is 2. The van der Waals surface area contributed by atoms with E-state index in [9.17, 15) is 4.79 Å². The number of carbonyl (C=O) groups is 1. The molecule has 5 nitrogen and oxygen atoms in total. The minimum atomic E-state index is -0.564. The van der Waals surface area contributed by atoms with Gasteiger partial charge in [0.1, 0.15) is 17.5 Å². The Bertz CT molecular complexity index is 795. The Kier molecular flexibility index (Phi) is 5.58. The molecule has 116 valence electrons. The maximum Gasteiger partial charge on any atom is 0.267 e. The maximum absolute atomic E-state index is 12.1. The number of aryl methyl sites for hydroxylation is 1. The van der Waals surface area contributed by atoms with Crippen LogP contribution in [0.25, 0.3) is 0 Å². The number of halogens is 2. The highest BCUT2D eigenvalue weighted by Gasteiger charge is 2.10. The minimum absolute atomic E-state index is 0.0987. The van der Waals surface area contributed by atoms with Gasteiger partial charge in [-0.05, 0) is 36.8 Å². The summed E-state index contributed by atoms with van der Waals surface area (Å²) in [7, 11) is 0. The van der Waals surface area contributed by atoms with E-state index in [0.717, 1.165) is 5.56 Å². The molecule has 7 heteroatoms. The van der Waals surface area contributed by atoms with Crippen molar-refractivity contribution in [1.82, 2.24) is 4.98 Å². The molecular formula is C16H12Cl2N4O. The summed E-state index contributed by atoms with van der Waals surface area (Å²) < 4.78 is 0. The zero-order chi connectivity index (χ0) is 16.8. The van der Waals surface area contributed by atoms with Crippen molar-refractivity contribution in [3.8, 4) is 6.07 Å². The molecule has 0 fully saturated rings. The molecule has 0 aliphatic rings. The maximum atomic E-state index is 12.1. The van der Waals surface area contributed by atoms with Gasteiger partial charge in [0.05, 0.1) is 10.0 Å². The smallest absolute Gasteiger partial charge is 0.267 e. The van der Waals surface area contributed by atoms with E-state index >= 15 is 0 Å². The Morgan fingerprint density at radius 3 is 2.65 bits per heavy atom. The predicted molar refractivity (Wildman–Crippen MR) is 91.4 cm³/mol. The molecule has 0 aliphatic carbocycles. The van der Waals surface area contributed by atoms with Crippen molar-refractivity contribution < 1.29 is 4.79 Å². The highest BCUT2D eigenvalue weighted by molar-refractivity contribution is 6.42. The normalized spacial score (nSPS) is 10.8. The van der Waals surface area contributed by atoms with E-state index in [1.807, 2.05) is 19.1 Å². The summed E-state index contributed by atoms with van der Waals surface area (Å²) in [6, 6.07) is 10.1. The van der Waals surface area contributed by atoms with Gasteiger partial charge in [-0.15, -0.1) is 0 Å². The molecule has 0 spiro atoms. The summed E-state index contributed by atoms with van der Waals surface area (Å²) in [6.45, 7) is 1.91. The fourth-order valence-corrected chi connectivity index (χ4v) is 1.92. The van der Waals surface area contributed by atoms with Crippen LogP contribution in [0.1, 0.15) is 5.56 Å². The third-order valence-electron chi connectivity index (χ3n) is 2.82. The van der Waals surface area contributed by atoms with Crippen molar-refractivity contribution in [3.05, 3.63) is 63.9 Å². The number of carbonyl (C=O) groups excluding carboxylic acids is 1. The number of hydrogen-bond donors (Lipinski definition) is 2. The fraction of sp³-hybridized carbons (Fsp3) is 0.0625. The molecule has 0 saturated carbocycles. The van der Waals surface area contributed by atoms with Crippen LogP contribution in [-0.4, -0.2) is 10.9 Å². The third kappa shape index (κ3) is 4.71. The second kappa shape index (κ2) is 7.63. The molecule has 23 heavy (non-hydrogen) atoms. The standard InChI is InChI=1S/C16H12Cl2N4O/c1-10-2-5-15(20-8-10)21-9-11(7-19)16(23)22-12-3-4-13(17)14(18)6-12/h2-6,8-9H,1H3,(H,20,21)(H,22,23)/b11-9-. The molecule has 0 bridgehead atoms. The summed E-state index contributed by atoms with van der Waals surface area (Å²) in [5.74, 6) is -0.0313. The average molecular weight is 347 g/mol. The summed E-state index contributed by atoms with van der Waals surface area (Å²) in [5, 5.41) is 15.2. The van der Waals surface area contributed by atoms with Gasteiger partial charge in [0.25, 0.3) is 5.91 Å². The monoisotopic (exact) mass is 346 g/mol. The van der Waals surface area contributed by atoms with Crippen molar-refractivity contribution in [2.75, 3.05) is 10.6 Å². The molecule has 2 aromatic rings. The van der Waals surface area contributed by atoms with E-state index in [0.29, 0.717) is 21.6 Å². The predicted octanol–water partition coefficient (Wildman–Crippen LogP) is 4.15. The van der Waals surface area contributed by atoms with Crippen molar-refractivity contribution in [2.45, 2.75) is 6.92 Å². The van der Waals surface area contributed by atoms with Crippen LogP contribution >= 0.6 is 23.2 Å². The van der Waals surface area contributed by atoms with Gasteiger partial charge < -0.3 is 10.6 Å². The third-order valence-corrected chi connectivity index (χ3v) is 3.56. The highest BCUT2D eigenvalue weighted by atomic mass is 35.5. The second-order valence-corrected chi connectivity index (χ2v) is 5.43. The van der Waals surface area contributed by atoms with Crippen LogP contribution in [-0.2, 0) is 4.79 Å². The Balaban J connectivity index is 2.08. The topological polar surface area (TPSA) is 77.8 Å².